The van der Waals surface area contributed by atoms with E-state index in [0.717, 1.165) is 0 Å². The first kappa shape index (κ1) is 11.2. The summed E-state index contributed by atoms with van der Waals surface area (Å²) < 4.78 is 5.06. The summed E-state index contributed by atoms with van der Waals surface area (Å²) in [5.74, 6) is 0. The Balaban J connectivity index is 2.82. The zero-order chi connectivity index (χ0) is 10.6. The average molecular weight is 193 g/mol. The second-order valence-electron chi connectivity index (χ2n) is 4.00. The van der Waals surface area contributed by atoms with Crippen LogP contribution in [0.5, 0.6) is 0 Å². The molecular weight excluding hydrogens is 174 g/mol. The van der Waals surface area contributed by atoms with Crippen LogP contribution in [0.3, 0.4) is 0 Å². The lowest BCUT2D eigenvalue weighted by atomic mass is 9.94. The topological polar surface area (TPSA) is 21.3 Å². The van der Waals surface area contributed by atoms with Gasteiger partial charge in [0.25, 0.3) is 0 Å². The molecule has 0 heterocycles. The van der Waals surface area contributed by atoms with Crippen LogP contribution < -0.4 is 5.32 Å². The Kier molecular flexibility index (Phi) is 3.67. The predicted octanol–water partition coefficient (Wildman–Crippen LogP) is 2.29. The third kappa shape index (κ3) is 2.56. The maximum atomic E-state index is 5.06. The summed E-state index contributed by atoms with van der Waals surface area (Å²) in [5.41, 5.74) is 2.54. The molecule has 0 saturated carbocycles. The van der Waals surface area contributed by atoms with Crippen LogP contribution in [0.15, 0.2) is 24.3 Å². The molecule has 0 unspecified atom stereocenters. The third-order valence-corrected chi connectivity index (χ3v) is 2.61. The molecule has 0 saturated heterocycles. The summed E-state index contributed by atoms with van der Waals surface area (Å²) in [6, 6.07) is 8.51. The predicted molar refractivity (Wildman–Crippen MR) is 59.2 cm³/mol. The van der Waals surface area contributed by atoms with Gasteiger partial charge >= 0.3 is 0 Å². The van der Waals surface area contributed by atoms with Gasteiger partial charge in [-0.1, -0.05) is 24.3 Å². The highest BCUT2D eigenvalue weighted by Crippen LogP contribution is 2.19. The first-order chi connectivity index (χ1) is 6.60. The van der Waals surface area contributed by atoms with E-state index in [0.29, 0.717) is 6.61 Å². The molecule has 0 aromatic heterocycles. The summed E-state index contributed by atoms with van der Waals surface area (Å²) in [7, 11) is 3.69. The van der Waals surface area contributed by atoms with Gasteiger partial charge in [0, 0.05) is 12.6 Å². The quantitative estimate of drug-likeness (QED) is 0.792. The van der Waals surface area contributed by atoms with Crippen LogP contribution >= 0.6 is 0 Å². The van der Waals surface area contributed by atoms with Gasteiger partial charge in [-0.3, -0.25) is 0 Å². The van der Waals surface area contributed by atoms with Crippen molar-refractivity contribution >= 4 is 0 Å². The monoisotopic (exact) mass is 193 g/mol. The van der Waals surface area contributed by atoms with E-state index in [-0.39, 0.29) is 5.54 Å². The molecule has 0 aliphatic rings. The minimum absolute atomic E-state index is 0.0333. The Morgan fingerprint density at radius 2 is 1.79 bits per heavy atom. The number of methoxy groups -OCH3 is 1. The van der Waals surface area contributed by atoms with E-state index in [1.165, 1.54) is 11.1 Å². The highest BCUT2D eigenvalue weighted by atomic mass is 16.5. The third-order valence-electron chi connectivity index (χ3n) is 2.61. The van der Waals surface area contributed by atoms with Crippen molar-refractivity contribution in [3.8, 4) is 0 Å². The number of hydrogen-bond acceptors (Lipinski definition) is 2. The van der Waals surface area contributed by atoms with Crippen LogP contribution in [0, 0.1) is 0 Å². The van der Waals surface area contributed by atoms with E-state index in [1.54, 1.807) is 7.11 Å². The highest BCUT2D eigenvalue weighted by Gasteiger charge is 2.16. The van der Waals surface area contributed by atoms with Gasteiger partial charge in [-0.2, -0.15) is 0 Å². The van der Waals surface area contributed by atoms with E-state index < -0.39 is 0 Å². The SMILES string of the molecule is CNC(C)(C)c1ccc(COC)cc1. The molecule has 0 aliphatic heterocycles. The molecule has 1 aromatic carbocycles. The summed E-state index contributed by atoms with van der Waals surface area (Å²) >= 11 is 0. The van der Waals surface area contributed by atoms with Crippen LogP contribution in [-0.4, -0.2) is 14.2 Å². The molecule has 2 nitrogen and oxygen atoms in total. The minimum Gasteiger partial charge on any atom is -0.380 e. The maximum Gasteiger partial charge on any atom is 0.0713 e. The van der Waals surface area contributed by atoms with Gasteiger partial charge in [0.1, 0.15) is 0 Å². The highest BCUT2D eigenvalue weighted by molar-refractivity contribution is 5.27. The molecule has 2 heteroatoms. The molecule has 1 N–H and O–H groups in total. The molecule has 0 aliphatic carbocycles. The summed E-state index contributed by atoms with van der Waals surface area (Å²) in [6.45, 7) is 5.01. The Hall–Kier alpha value is -0.860. The summed E-state index contributed by atoms with van der Waals surface area (Å²) in [5, 5.41) is 3.28. The first-order valence-corrected chi connectivity index (χ1v) is 4.87. The number of ether oxygens (including phenoxy) is 1. The normalized spacial score (nSPS) is 11.7. The van der Waals surface area contributed by atoms with Crippen molar-refractivity contribution in [2.24, 2.45) is 0 Å². The van der Waals surface area contributed by atoms with Gasteiger partial charge in [0.15, 0.2) is 0 Å². The van der Waals surface area contributed by atoms with E-state index in [4.69, 9.17) is 4.74 Å². The molecule has 0 atom stereocenters. The molecule has 0 bridgehead atoms. The number of hydrogen-bond donors (Lipinski definition) is 1. The first-order valence-electron chi connectivity index (χ1n) is 4.87. The van der Waals surface area contributed by atoms with E-state index in [2.05, 4.69) is 43.4 Å². The zero-order valence-corrected chi connectivity index (χ0v) is 9.42. The summed E-state index contributed by atoms with van der Waals surface area (Å²) in [4.78, 5) is 0. The molecule has 0 radical (unpaired) electrons. The van der Waals surface area contributed by atoms with Crippen LogP contribution in [0.2, 0.25) is 0 Å². The Morgan fingerprint density at radius 3 is 2.21 bits per heavy atom. The standard InChI is InChI=1S/C12H19NO/c1-12(2,13-3)11-7-5-10(6-8-11)9-14-4/h5-8,13H,9H2,1-4H3. The average Bonchev–Trinajstić information content (AvgIpc) is 2.19. The van der Waals surface area contributed by atoms with Crippen LogP contribution in [-0.2, 0) is 16.9 Å². The van der Waals surface area contributed by atoms with Crippen molar-refractivity contribution < 1.29 is 4.74 Å². The van der Waals surface area contributed by atoms with Gasteiger partial charge in [-0.05, 0) is 32.0 Å². The lowest BCUT2D eigenvalue weighted by Gasteiger charge is -2.24. The molecule has 78 valence electrons. The molecular formula is C12H19NO. The van der Waals surface area contributed by atoms with Crippen molar-refractivity contribution in [2.75, 3.05) is 14.2 Å². The van der Waals surface area contributed by atoms with Crippen molar-refractivity contribution in [1.82, 2.24) is 5.32 Å². The fourth-order valence-corrected chi connectivity index (χ4v) is 1.33. The van der Waals surface area contributed by atoms with Crippen LogP contribution in [0.4, 0.5) is 0 Å². The number of rotatable bonds is 4. The second kappa shape index (κ2) is 4.58. The Bertz CT molecular complexity index is 277. The van der Waals surface area contributed by atoms with Crippen molar-refractivity contribution in [2.45, 2.75) is 26.0 Å². The van der Waals surface area contributed by atoms with Crippen molar-refractivity contribution in [1.29, 1.82) is 0 Å². The fraction of sp³-hybridized carbons (Fsp3) is 0.500. The van der Waals surface area contributed by atoms with Gasteiger partial charge < -0.3 is 10.1 Å². The fourth-order valence-electron chi connectivity index (χ4n) is 1.33. The minimum atomic E-state index is 0.0333. The number of benzene rings is 1. The maximum absolute atomic E-state index is 5.06. The molecule has 1 aromatic rings. The van der Waals surface area contributed by atoms with Crippen molar-refractivity contribution in [3.05, 3.63) is 35.4 Å². The molecule has 0 fully saturated rings. The Morgan fingerprint density at radius 1 is 1.21 bits per heavy atom. The Labute approximate surface area is 86.3 Å². The van der Waals surface area contributed by atoms with Gasteiger partial charge in [0.05, 0.1) is 6.61 Å². The molecule has 1 rings (SSSR count). The van der Waals surface area contributed by atoms with Gasteiger partial charge in [-0.15, -0.1) is 0 Å². The molecule has 14 heavy (non-hydrogen) atoms. The van der Waals surface area contributed by atoms with Gasteiger partial charge in [0.2, 0.25) is 0 Å². The zero-order valence-electron chi connectivity index (χ0n) is 9.42. The van der Waals surface area contributed by atoms with E-state index >= 15 is 0 Å². The van der Waals surface area contributed by atoms with Gasteiger partial charge in [-0.25, -0.2) is 0 Å². The number of nitrogens with one attached hydrogen (secondary N) is 1. The second-order valence-corrected chi connectivity index (χ2v) is 4.00. The lowest BCUT2D eigenvalue weighted by molar-refractivity contribution is 0.185. The van der Waals surface area contributed by atoms with E-state index in [1.807, 2.05) is 7.05 Å². The van der Waals surface area contributed by atoms with E-state index in [9.17, 15) is 0 Å². The smallest absolute Gasteiger partial charge is 0.0713 e. The van der Waals surface area contributed by atoms with Crippen LogP contribution in [0.25, 0.3) is 0 Å². The van der Waals surface area contributed by atoms with Crippen molar-refractivity contribution in [3.63, 3.8) is 0 Å². The molecule has 0 spiro atoms. The summed E-state index contributed by atoms with van der Waals surface area (Å²) in [6.07, 6.45) is 0. The molecule has 0 amide bonds. The largest absolute Gasteiger partial charge is 0.380 e. The van der Waals surface area contributed by atoms with Crippen LogP contribution in [0.1, 0.15) is 25.0 Å². The lowest BCUT2D eigenvalue weighted by Crippen LogP contribution is -2.32.